The molecule has 1 rings (SSSR count). The van der Waals surface area contributed by atoms with Gasteiger partial charge in [0.15, 0.2) is 0 Å². The van der Waals surface area contributed by atoms with E-state index in [0.717, 1.165) is 37.6 Å². The van der Waals surface area contributed by atoms with E-state index >= 15 is 0 Å². The van der Waals surface area contributed by atoms with E-state index in [1.165, 1.54) is 10.6 Å². The standard InChI is InChI=1S/C12H23N3OS/c1-5-6-13-9-11-10(2)14-15(3)12(11)17-8-7-16-4/h13H,5-9H2,1-4H3. The molecule has 17 heavy (non-hydrogen) atoms. The summed E-state index contributed by atoms with van der Waals surface area (Å²) in [5.74, 6) is 0.969. The Kier molecular flexibility index (Phi) is 6.62. The normalized spacial score (nSPS) is 11.1. The van der Waals surface area contributed by atoms with Gasteiger partial charge in [-0.15, -0.1) is 11.8 Å². The van der Waals surface area contributed by atoms with E-state index in [-0.39, 0.29) is 0 Å². The highest BCUT2D eigenvalue weighted by Crippen LogP contribution is 2.24. The van der Waals surface area contributed by atoms with Crippen LogP contribution in [0.4, 0.5) is 0 Å². The van der Waals surface area contributed by atoms with Crippen LogP contribution in [-0.2, 0) is 18.3 Å². The van der Waals surface area contributed by atoms with Gasteiger partial charge in [-0.25, -0.2) is 0 Å². The summed E-state index contributed by atoms with van der Waals surface area (Å²) in [5, 5.41) is 9.17. The average molecular weight is 257 g/mol. The molecule has 4 nitrogen and oxygen atoms in total. The Morgan fingerprint density at radius 2 is 2.24 bits per heavy atom. The van der Waals surface area contributed by atoms with Gasteiger partial charge >= 0.3 is 0 Å². The molecule has 5 heteroatoms. The van der Waals surface area contributed by atoms with Gasteiger partial charge in [-0.1, -0.05) is 6.92 Å². The van der Waals surface area contributed by atoms with Gasteiger partial charge in [-0.2, -0.15) is 5.10 Å². The average Bonchev–Trinajstić information content (AvgIpc) is 2.56. The van der Waals surface area contributed by atoms with Crippen LogP contribution < -0.4 is 5.32 Å². The summed E-state index contributed by atoms with van der Waals surface area (Å²) in [4.78, 5) is 0. The molecule has 1 aromatic heterocycles. The van der Waals surface area contributed by atoms with Crippen molar-refractivity contribution in [2.24, 2.45) is 7.05 Å². The number of aromatic nitrogens is 2. The molecule has 98 valence electrons. The van der Waals surface area contributed by atoms with Crippen molar-refractivity contribution in [1.29, 1.82) is 0 Å². The highest BCUT2D eigenvalue weighted by Gasteiger charge is 2.12. The number of ether oxygens (including phenoxy) is 1. The Bertz CT molecular complexity index is 308. The van der Waals surface area contributed by atoms with E-state index < -0.39 is 0 Å². The summed E-state index contributed by atoms with van der Waals surface area (Å²) in [7, 11) is 3.74. The van der Waals surface area contributed by atoms with Crippen LogP contribution in [0.15, 0.2) is 5.03 Å². The van der Waals surface area contributed by atoms with E-state index in [0.29, 0.717) is 0 Å². The van der Waals surface area contributed by atoms with Crippen LogP contribution in [-0.4, -0.2) is 35.8 Å². The molecular formula is C12H23N3OS. The highest BCUT2D eigenvalue weighted by molar-refractivity contribution is 7.99. The van der Waals surface area contributed by atoms with E-state index in [9.17, 15) is 0 Å². The molecule has 0 amide bonds. The molecule has 0 fully saturated rings. The van der Waals surface area contributed by atoms with Crippen LogP contribution >= 0.6 is 11.8 Å². The lowest BCUT2D eigenvalue weighted by molar-refractivity contribution is 0.218. The number of hydrogen-bond donors (Lipinski definition) is 1. The van der Waals surface area contributed by atoms with Crippen molar-refractivity contribution in [3.05, 3.63) is 11.3 Å². The second-order valence-corrected chi connectivity index (χ2v) is 5.09. The van der Waals surface area contributed by atoms with Gasteiger partial charge in [0.05, 0.1) is 17.3 Å². The highest BCUT2D eigenvalue weighted by atomic mass is 32.2. The number of aryl methyl sites for hydroxylation is 2. The zero-order chi connectivity index (χ0) is 12.7. The van der Waals surface area contributed by atoms with Crippen molar-refractivity contribution < 1.29 is 4.74 Å². The van der Waals surface area contributed by atoms with Crippen molar-refractivity contribution >= 4 is 11.8 Å². The first-order chi connectivity index (χ1) is 8.20. The summed E-state index contributed by atoms with van der Waals surface area (Å²) >= 11 is 1.81. The number of nitrogens with zero attached hydrogens (tertiary/aromatic N) is 2. The molecule has 0 saturated carbocycles. The van der Waals surface area contributed by atoms with Crippen LogP contribution in [0, 0.1) is 6.92 Å². The van der Waals surface area contributed by atoms with Gasteiger partial charge < -0.3 is 10.1 Å². The molecule has 0 radical (unpaired) electrons. The summed E-state index contributed by atoms with van der Waals surface area (Å²) in [6.45, 7) is 6.98. The minimum absolute atomic E-state index is 0.775. The topological polar surface area (TPSA) is 39.1 Å². The second-order valence-electron chi connectivity index (χ2n) is 4.01. The fraction of sp³-hybridized carbons (Fsp3) is 0.750. The van der Waals surface area contributed by atoms with Crippen LogP contribution in [0.2, 0.25) is 0 Å². The molecule has 0 aliphatic carbocycles. The van der Waals surface area contributed by atoms with Gasteiger partial charge in [-0.05, 0) is 19.9 Å². The van der Waals surface area contributed by atoms with Crippen LogP contribution in [0.25, 0.3) is 0 Å². The Labute approximate surface area is 108 Å². The van der Waals surface area contributed by atoms with E-state index in [1.807, 2.05) is 23.5 Å². The van der Waals surface area contributed by atoms with Crippen molar-refractivity contribution in [2.75, 3.05) is 26.0 Å². The van der Waals surface area contributed by atoms with Crippen LogP contribution in [0.3, 0.4) is 0 Å². The second kappa shape index (κ2) is 7.74. The third kappa shape index (κ3) is 4.33. The maximum atomic E-state index is 5.08. The molecule has 0 aromatic carbocycles. The fourth-order valence-electron chi connectivity index (χ4n) is 1.68. The maximum absolute atomic E-state index is 5.08. The number of nitrogens with one attached hydrogen (secondary N) is 1. The minimum atomic E-state index is 0.775. The van der Waals surface area contributed by atoms with Gasteiger partial charge in [0.25, 0.3) is 0 Å². The summed E-state index contributed by atoms with van der Waals surface area (Å²) < 4.78 is 7.05. The minimum Gasteiger partial charge on any atom is -0.384 e. The SMILES string of the molecule is CCCNCc1c(C)nn(C)c1SCCOC. The monoisotopic (exact) mass is 257 g/mol. The number of rotatable bonds is 8. The molecule has 0 spiro atoms. The first kappa shape index (κ1) is 14.5. The molecule has 1 N–H and O–H groups in total. The maximum Gasteiger partial charge on any atom is 0.0985 e. The molecule has 0 unspecified atom stereocenters. The first-order valence-electron chi connectivity index (χ1n) is 6.05. The van der Waals surface area contributed by atoms with Crippen molar-refractivity contribution in [3.8, 4) is 0 Å². The Morgan fingerprint density at radius 3 is 2.88 bits per heavy atom. The summed E-state index contributed by atoms with van der Waals surface area (Å²) in [6, 6.07) is 0. The van der Waals surface area contributed by atoms with E-state index in [1.54, 1.807) is 7.11 Å². The lowest BCUT2D eigenvalue weighted by atomic mass is 10.2. The van der Waals surface area contributed by atoms with Gasteiger partial charge in [0.1, 0.15) is 0 Å². The number of thioether (sulfide) groups is 1. The zero-order valence-corrected chi connectivity index (χ0v) is 12.1. The lowest BCUT2D eigenvalue weighted by Gasteiger charge is -2.07. The third-order valence-electron chi connectivity index (χ3n) is 2.54. The van der Waals surface area contributed by atoms with E-state index in [2.05, 4.69) is 24.3 Å². The lowest BCUT2D eigenvalue weighted by Crippen LogP contribution is -2.14. The Morgan fingerprint density at radius 1 is 1.47 bits per heavy atom. The van der Waals surface area contributed by atoms with Crippen LogP contribution in [0.1, 0.15) is 24.6 Å². The Hall–Kier alpha value is -0.520. The Balaban J connectivity index is 2.65. The molecule has 0 atom stereocenters. The van der Waals surface area contributed by atoms with Gasteiger partial charge in [0, 0.05) is 32.0 Å². The summed E-state index contributed by atoms with van der Waals surface area (Å²) in [5.41, 5.74) is 2.44. The largest absolute Gasteiger partial charge is 0.384 e. The quantitative estimate of drug-likeness (QED) is 0.571. The smallest absolute Gasteiger partial charge is 0.0985 e. The predicted octanol–water partition coefficient (Wildman–Crippen LogP) is 1.97. The molecule has 0 aliphatic heterocycles. The molecule has 1 heterocycles. The van der Waals surface area contributed by atoms with Crippen molar-refractivity contribution in [1.82, 2.24) is 15.1 Å². The zero-order valence-electron chi connectivity index (χ0n) is 11.2. The van der Waals surface area contributed by atoms with Crippen molar-refractivity contribution in [2.45, 2.75) is 31.8 Å². The molecule has 0 aliphatic rings. The van der Waals surface area contributed by atoms with Gasteiger partial charge in [-0.3, -0.25) is 4.68 Å². The van der Waals surface area contributed by atoms with E-state index in [4.69, 9.17) is 4.74 Å². The van der Waals surface area contributed by atoms with Gasteiger partial charge in [0.2, 0.25) is 0 Å². The molecule has 1 aromatic rings. The van der Waals surface area contributed by atoms with Crippen LogP contribution in [0.5, 0.6) is 0 Å². The predicted molar refractivity (Wildman–Crippen MR) is 72.5 cm³/mol. The van der Waals surface area contributed by atoms with Crippen molar-refractivity contribution in [3.63, 3.8) is 0 Å². The number of hydrogen-bond acceptors (Lipinski definition) is 4. The number of methoxy groups -OCH3 is 1. The fourth-order valence-corrected chi connectivity index (χ4v) is 2.74. The molecule has 0 bridgehead atoms. The first-order valence-corrected chi connectivity index (χ1v) is 7.04. The summed E-state index contributed by atoms with van der Waals surface area (Å²) in [6.07, 6.45) is 1.16. The third-order valence-corrected chi connectivity index (χ3v) is 3.70. The molecule has 0 saturated heterocycles. The molecular weight excluding hydrogens is 234 g/mol.